The molecule has 3 aliphatic heterocycles. The number of allylic oxidation sites excluding steroid dienone is 13. The molecule has 17 unspecified atom stereocenters. The number of rotatable bonds is 43. The fourth-order valence-electron chi connectivity index (χ4n) is 9.68. The van der Waals surface area contributed by atoms with Crippen molar-refractivity contribution in [2.24, 2.45) is 0 Å². The summed E-state index contributed by atoms with van der Waals surface area (Å²) < 4.78 is 34.2. The Morgan fingerprint density at radius 1 is 0.457 bits per heavy atom. The van der Waals surface area contributed by atoms with Gasteiger partial charge in [0.2, 0.25) is 5.91 Å². The summed E-state index contributed by atoms with van der Waals surface area (Å²) in [5.74, 6) is -0.300. The lowest BCUT2D eigenvalue weighted by atomic mass is 9.96. The van der Waals surface area contributed by atoms with Crippen LogP contribution in [0.25, 0.3) is 0 Å². The molecule has 1 amide bonds. The van der Waals surface area contributed by atoms with Crippen molar-refractivity contribution in [3.8, 4) is 0 Å². The van der Waals surface area contributed by atoms with Gasteiger partial charge in [-0.05, 0) is 83.5 Å². The SMILES string of the molecule is CC/C=C\C/C=C\C/C=C\C/C=C\CCCCCCCCCCCCC(=O)NC(COC1OC(CO)C(OC2OC(CO)C(OC3OC(CO)C(O)C(O)C3O)C(O)C2O)C(O)C1O)C(O)/C=C/CC/C=C/CC/C=C/CCCCC. The van der Waals surface area contributed by atoms with Crippen LogP contribution in [0.1, 0.15) is 168 Å². The smallest absolute Gasteiger partial charge is 0.220 e. The minimum Gasteiger partial charge on any atom is -0.394 e. The van der Waals surface area contributed by atoms with Crippen LogP contribution >= 0.6 is 0 Å². The molecule has 3 fully saturated rings. The molecular weight excluding hydrogens is 1050 g/mol. The van der Waals surface area contributed by atoms with Crippen LogP contribution in [0.5, 0.6) is 0 Å². The molecule has 0 aromatic heterocycles. The molecule has 0 radical (unpaired) electrons. The molecule has 0 bridgehead atoms. The van der Waals surface area contributed by atoms with Gasteiger partial charge >= 0.3 is 0 Å². The number of ether oxygens (including phenoxy) is 6. The number of carbonyl (C=O) groups excluding carboxylic acids is 1. The van der Waals surface area contributed by atoms with E-state index in [2.05, 4.69) is 92.1 Å². The van der Waals surface area contributed by atoms with Gasteiger partial charge in [0.1, 0.15) is 73.2 Å². The number of hydrogen-bond donors (Lipinski definition) is 12. The Labute approximate surface area is 482 Å². The summed E-state index contributed by atoms with van der Waals surface area (Å²) in [5, 5.41) is 120. The third-order valence-corrected chi connectivity index (χ3v) is 14.7. The van der Waals surface area contributed by atoms with E-state index in [1.54, 1.807) is 6.08 Å². The molecule has 0 aromatic carbocycles. The zero-order valence-corrected chi connectivity index (χ0v) is 48.5. The second kappa shape index (κ2) is 44.4. The summed E-state index contributed by atoms with van der Waals surface area (Å²) in [6.45, 7) is 1.52. The van der Waals surface area contributed by atoms with Crippen LogP contribution in [0.4, 0.5) is 0 Å². The first-order chi connectivity index (χ1) is 39.3. The van der Waals surface area contributed by atoms with Crippen molar-refractivity contribution in [3.05, 3.63) is 85.1 Å². The van der Waals surface area contributed by atoms with Crippen LogP contribution in [0.2, 0.25) is 0 Å². The summed E-state index contributed by atoms with van der Waals surface area (Å²) in [5.41, 5.74) is 0. The van der Waals surface area contributed by atoms with Gasteiger partial charge in [0.15, 0.2) is 18.9 Å². The van der Waals surface area contributed by atoms with Crippen LogP contribution in [-0.2, 0) is 33.2 Å². The van der Waals surface area contributed by atoms with Crippen molar-refractivity contribution in [1.29, 1.82) is 0 Å². The number of aliphatic hydroxyl groups excluding tert-OH is 11. The summed E-state index contributed by atoms with van der Waals surface area (Å²) in [7, 11) is 0. The van der Waals surface area contributed by atoms with Gasteiger partial charge in [0.25, 0.3) is 0 Å². The first kappa shape index (κ1) is 72.2. The third-order valence-electron chi connectivity index (χ3n) is 14.7. The molecule has 19 nitrogen and oxygen atoms in total. The molecule has 0 aliphatic carbocycles. The fourth-order valence-corrected chi connectivity index (χ4v) is 9.68. The molecule has 3 saturated heterocycles. The second-order valence-corrected chi connectivity index (χ2v) is 21.4. The third kappa shape index (κ3) is 28.1. The van der Waals surface area contributed by atoms with Crippen molar-refractivity contribution >= 4 is 5.91 Å². The zero-order chi connectivity index (χ0) is 59.0. The summed E-state index contributed by atoms with van der Waals surface area (Å²) in [4.78, 5) is 13.3. The summed E-state index contributed by atoms with van der Waals surface area (Å²) in [6, 6.07) is -1.00. The van der Waals surface area contributed by atoms with Crippen LogP contribution in [0.15, 0.2) is 85.1 Å². The lowest BCUT2D eigenvalue weighted by Crippen LogP contribution is -2.66. The first-order valence-corrected chi connectivity index (χ1v) is 30.3. The maximum Gasteiger partial charge on any atom is 0.220 e. The minimum atomic E-state index is -1.99. The standard InChI is InChI=1S/C62H105NO18/c1-3-5-7-9-11-13-15-17-18-19-20-21-22-23-24-25-26-28-30-32-34-36-38-40-50(68)63-45(46(67)39-37-35-33-31-29-27-16-14-12-10-8-6-4-2)44-76-60-56(74)53(71)58(48(42-65)78-60)81-62-57(75)54(72)59(49(43-66)79-62)80-61-55(73)52(70)51(69)47(41-64)77-61/h5,7,11-14,17-18,20-21,29,31,37,39,45-49,51-62,64-67,69-75H,3-4,6,8-10,15-16,19,22-28,30,32-36,38,40-44H2,1-2H3,(H,63,68)/b7-5-,13-11-,14-12+,18-17-,21-20-,31-29+,39-37+. The topological polar surface area (TPSA) is 307 Å². The molecule has 0 spiro atoms. The Morgan fingerprint density at radius 3 is 1.38 bits per heavy atom. The van der Waals surface area contributed by atoms with E-state index >= 15 is 0 Å². The van der Waals surface area contributed by atoms with E-state index in [1.165, 1.54) is 51.4 Å². The zero-order valence-electron chi connectivity index (χ0n) is 48.5. The molecule has 17 atom stereocenters. The van der Waals surface area contributed by atoms with Crippen LogP contribution < -0.4 is 5.32 Å². The van der Waals surface area contributed by atoms with Crippen molar-refractivity contribution in [1.82, 2.24) is 5.32 Å². The van der Waals surface area contributed by atoms with Gasteiger partial charge in [0, 0.05) is 6.42 Å². The Kier molecular flexibility index (Phi) is 39.6. The van der Waals surface area contributed by atoms with E-state index in [0.717, 1.165) is 83.5 Å². The quantitative estimate of drug-likeness (QED) is 0.0261. The van der Waals surface area contributed by atoms with Gasteiger partial charge in [-0.2, -0.15) is 0 Å². The van der Waals surface area contributed by atoms with Crippen molar-refractivity contribution in [2.75, 3.05) is 26.4 Å². The average Bonchev–Trinajstić information content (AvgIpc) is 3.57. The Morgan fingerprint density at radius 2 is 0.864 bits per heavy atom. The monoisotopic (exact) mass is 1150 g/mol. The maximum absolute atomic E-state index is 13.3. The Balaban J connectivity index is 1.48. The summed E-state index contributed by atoms with van der Waals surface area (Å²) in [6.07, 6.45) is 27.1. The molecule has 3 heterocycles. The molecule has 466 valence electrons. The van der Waals surface area contributed by atoms with E-state index in [9.17, 15) is 61.0 Å². The molecule has 0 aromatic rings. The van der Waals surface area contributed by atoms with E-state index in [4.69, 9.17) is 28.4 Å². The van der Waals surface area contributed by atoms with Crippen LogP contribution in [0, 0.1) is 0 Å². The molecule has 12 N–H and O–H groups in total. The van der Waals surface area contributed by atoms with Gasteiger partial charge in [-0.1, -0.05) is 163 Å². The average molecular weight is 1150 g/mol. The van der Waals surface area contributed by atoms with Crippen molar-refractivity contribution < 1.29 is 89.4 Å². The van der Waals surface area contributed by atoms with Gasteiger partial charge in [0.05, 0.1) is 38.6 Å². The van der Waals surface area contributed by atoms with Crippen molar-refractivity contribution in [3.63, 3.8) is 0 Å². The predicted octanol–water partition coefficient (Wildman–Crippen LogP) is 5.59. The van der Waals surface area contributed by atoms with Gasteiger partial charge < -0.3 is 89.9 Å². The van der Waals surface area contributed by atoms with E-state index in [1.807, 2.05) is 6.08 Å². The Hall–Kier alpha value is -3.03. The molecule has 81 heavy (non-hydrogen) atoms. The molecule has 3 rings (SSSR count). The molecule has 19 heteroatoms. The van der Waals surface area contributed by atoms with E-state index in [-0.39, 0.29) is 18.9 Å². The maximum atomic E-state index is 13.3. The Bertz CT molecular complexity index is 1810. The van der Waals surface area contributed by atoms with E-state index in [0.29, 0.717) is 12.8 Å². The van der Waals surface area contributed by atoms with Crippen molar-refractivity contribution in [2.45, 2.75) is 272 Å². The number of unbranched alkanes of at least 4 members (excludes halogenated alkanes) is 15. The highest BCUT2D eigenvalue weighted by Crippen LogP contribution is 2.33. The van der Waals surface area contributed by atoms with Gasteiger partial charge in [-0.25, -0.2) is 0 Å². The first-order valence-electron chi connectivity index (χ1n) is 30.3. The van der Waals surface area contributed by atoms with E-state index < -0.39 is 124 Å². The lowest BCUT2D eigenvalue weighted by Gasteiger charge is -2.48. The van der Waals surface area contributed by atoms with Gasteiger partial charge in [-0.3, -0.25) is 4.79 Å². The predicted molar refractivity (Wildman–Crippen MR) is 309 cm³/mol. The normalized spacial score (nSPS) is 30.4. The highest BCUT2D eigenvalue weighted by atomic mass is 16.8. The van der Waals surface area contributed by atoms with Gasteiger partial charge in [-0.15, -0.1) is 0 Å². The molecular formula is C62H105NO18. The second-order valence-electron chi connectivity index (χ2n) is 21.4. The minimum absolute atomic E-state index is 0.222. The van der Waals surface area contributed by atoms with Crippen LogP contribution in [0.3, 0.4) is 0 Å². The number of amides is 1. The van der Waals surface area contributed by atoms with Crippen LogP contribution in [-0.4, -0.2) is 193 Å². The highest BCUT2D eigenvalue weighted by Gasteiger charge is 2.53. The fraction of sp³-hybridized carbons (Fsp3) is 0.758. The molecule has 0 saturated carbocycles. The lowest BCUT2D eigenvalue weighted by molar-refractivity contribution is -0.379. The summed E-state index contributed by atoms with van der Waals surface area (Å²) >= 11 is 0. The highest BCUT2D eigenvalue weighted by molar-refractivity contribution is 5.76. The number of aliphatic hydroxyl groups is 11. The molecule has 3 aliphatic rings. The number of carbonyl (C=O) groups is 1. The number of nitrogens with one attached hydrogen (secondary N) is 1. The largest absolute Gasteiger partial charge is 0.394 e. The number of hydrogen-bond acceptors (Lipinski definition) is 18.